The van der Waals surface area contributed by atoms with Crippen molar-refractivity contribution < 1.29 is 19.8 Å². The van der Waals surface area contributed by atoms with Gasteiger partial charge >= 0.3 is 11.9 Å². The van der Waals surface area contributed by atoms with E-state index < -0.39 is 11.9 Å². The van der Waals surface area contributed by atoms with Crippen LogP contribution in [0.15, 0.2) is 0 Å². The van der Waals surface area contributed by atoms with Crippen LogP contribution in [0.2, 0.25) is 0 Å². The van der Waals surface area contributed by atoms with Crippen molar-refractivity contribution in [3.8, 4) is 0 Å². The molecule has 0 aromatic rings. The van der Waals surface area contributed by atoms with Gasteiger partial charge in [-0.2, -0.15) is 0 Å². The van der Waals surface area contributed by atoms with E-state index in [-0.39, 0.29) is 10.8 Å². The second-order valence-electron chi connectivity index (χ2n) is 8.21. The van der Waals surface area contributed by atoms with Crippen LogP contribution in [-0.4, -0.2) is 22.2 Å². The van der Waals surface area contributed by atoms with E-state index >= 15 is 0 Å². The normalized spacial score (nSPS) is 19.8. The molecule has 2 aliphatic rings. The molecule has 2 saturated carbocycles. The van der Waals surface area contributed by atoms with Gasteiger partial charge in [0, 0.05) is 0 Å². The fourth-order valence-electron chi connectivity index (χ4n) is 3.78. The lowest BCUT2D eigenvalue weighted by molar-refractivity contribution is -0.144. The highest BCUT2D eigenvalue weighted by Gasteiger charge is 2.49. The van der Waals surface area contributed by atoms with Crippen LogP contribution in [0.3, 0.4) is 0 Å². The van der Waals surface area contributed by atoms with E-state index in [0.717, 1.165) is 51.4 Å². The molecule has 2 N–H and O–H groups in total. The van der Waals surface area contributed by atoms with Crippen LogP contribution in [0.25, 0.3) is 0 Å². The molecule has 138 valence electrons. The van der Waals surface area contributed by atoms with E-state index in [2.05, 4.69) is 0 Å². The molecule has 2 fully saturated rings. The Morgan fingerprint density at radius 3 is 1.00 bits per heavy atom. The minimum absolute atomic E-state index is 0.334. The molecule has 0 spiro atoms. The van der Waals surface area contributed by atoms with Crippen LogP contribution < -0.4 is 0 Å². The van der Waals surface area contributed by atoms with Gasteiger partial charge in [-0.1, -0.05) is 64.2 Å². The summed E-state index contributed by atoms with van der Waals surface area (Å²) in [6.07, 6.45) is 17.3. The van der Waals surface area contributed by atoms with E-state index in [4.69, 9.17) is 10.2 Å². The molecule has 0 unspecified atom stereocenters. The predicted octanol–water partition coefficient (Wildman–Crippen LogP) is 5.40. The Hall–Kier alpha value is -1.06. The van der Waals surface area contributed by atoms with Crippen molar-refractivity contribution in [3.05, 3.63) is 0 Å². The molecule has 0 bridgehead atoms. The van der Waals surface area contributed by atoms with E-state index in [0.29, 0.717) is 0 Å². The molecule has 0 aromatic heterocycles. The Labute approximate surface area is 146 Å². The first kappa shape index (κ1) is 19.3. The van der Waals surface area contributed by atoms with Crippen molar-refractivity contribution in [2.45, 2.75) is 103 Å². The Bertz CT molecular complexity index is 381. The highest BCUT2D eigenvalue weighted by molar-refractivity contribution is 5.78. The van der Waals surface area contributed by atoms with Crippen molar-refractivity contribution in [1.29, 1.82) is 0 Å². The molecule has 0 aliphatic heterocycles. The van der Waals surface area contributed by atoms with E-state index in [1.807, 2.05) is 0 Å². The summed E-state index contributed by atoms with van der Waals surface area (Å²) in [5, 5.41) is 18.2. The maximum Gasteiger partial charge on any atom is 0.309 e. The Morgan fingerprint density at radius 1 is 0.542 bits per heavy atom. The van der Waals surface area contributed by atoms with E-state index in [1.54, 1.807) is 0 Å². The largest absolute Gasteiger partial charge is 0.481 e. The highest BCUT2D eigenvalue weighted by atomic mass is 16.4. The van der Waals surface area contributed by atoms with Gasteiger partial charge in [0.1, 0.15) is 0 Å². The number of unbranched alkanes of at least 4 members (excludes halogenated alkanes) is 9. The first-order chi connectivity index (χ1) is 11.5. The standard InChI is InChI=1S/C20H34O4/c21-17(22)19(13-14-19)11-9-7-5-3-1-2-4-6-8-10-12-20(15-16-20)18(23)24/h1-16H2,(H,21,22)(H,23,24). The third kappa shape index (κ3) is 5.78. The summed E-state index contributed by atoms with van der Waals surface area (Å²) in [6.45, 7) is 0. The molecule has 0 atom stereocenters. The van der Waals surface area contributed by atoms with Crippen LogP contribution >= 0.6 is 0 Å². The molecule has 24 heavy (non-hydrogen) atoms. The molecule has 0 saturated heterocycles. The van der Waals surface area contributed by atoms with Crippen LogP contribution in [0.1, 0.15) is 103 Å². The summed E-state index contributed by atoms with van der Waals surface area (Å²) in [4.78, 5) is 22.1. The molecular formula is C20H34O4. The number of aliphatic carboxylic acids is 2. The van der Waals surface area contributed by atoms with Gasteiger partial charge in [0.2, 0.25) is 0 Å². The van der Waals surface area contributed by atoms with Crippen LogP contribution in [0.5, 0.6) is 0 Å². The van der Waals surface area contributed by atoms with Crippen LogP contribution in [0.4, 0.5) is 0 Å². The minimum atomic E-state index is -0.585. The van der Waals surface area contributed by atoms with E-state index in [1.165, 1.54) is 51.4 Å². The fourth-order valence-corrected chi connectivity index (χ4v) is 3.78. The highest BCUT2D eigenvalue weighted by Crippen LogP contribution is 2.50. The summed E-state index contributed by atoms with van der Waals surface area (Å²) in [7, 11) is 0. The number of hydrogen-bond donors (Lipinski definition) is 2. The Balaban J connectivity index is 1.31. The maximum atomic E-state index is 11.1. The quantitative estimate of drug-likeness (QED) is 0.392. The minimum Gasteiger partial charge on any atom is -0.481 e. The van der Waals surface area contributed by atoms with Crippen LogP contribution in [0, 0.1) is 10.8 Å². The SMILES string of the molecule is O=C(O)C1(CCCCCCCCCCCCC2(C(=O)O)CC2)CC1. The maximum absolute atomic E-state index is 11.1. The van der Waals surface area contributed by atoms with Crippen molar-refractivity contribution in [1.82, 2.24) is 0 Å². The van der Waals surface area contributed by atoms with Crippen LogP contribution in [-0.2, 0) is 9.59 Å². The van der Waals surface area contributed by atoms with Gasteiger partial charge in [0.25, 0.3) is 0 Å². The molecule has 4 heteroatoms. The molecule has 2 rings (SSSR count). The third-order valence-corrected chi connectivity index (χ3v) is 6.18. The Kier molecular flexibility index (Phi) is 7.12. The van der Waals surface area contributed by atoms with Crippen molar-refractivity contribution in [3.63, 3.8) is 0 Å². The summed E-state index contributed by atoms with van der Waals surface area (Å²) in [6, 6.07) is 0. The smallest absolute Gasteiger partial charge is 0.309 e. The number of carbonyl (C=O) groups is 2. The number of carboxylic acids is 2. The Morgan fingerprint density at radius 2 is 0.792 bits per heavy atom. The molecule has 0 heterocycles. The molecule has 4 nitrogen and oxygen atoms in total. The number of hydrogen-bond acceptors (Lipinski definition) is 2. The van der Waals surface area contributed by atoms with Gasteiger partial charge in [0.05, 0.1) is 10.8 Å². The van der Waals surface area contributed by atoms with Gasteiger partial charge in [-0.05, 0) is 38.5 Å². The van der Waals surface area contributed by atoms with Gasteiger partial charge in [0.15, 0.2) is 0 Å². The van der Waals surface area contributed by atoms with Gasteiger partial charge in [-0.25, -0.2) is 0 Å². The lowest BCUT2D eigenvalue weighted by Gasteiger charge is -2.09. The lowest BCUT2D eigenvalue weighted by atomic mass is 9.97. The average Bonchev–Trinajstić information content (AvgIpc) is 3.43. The lowest BCUT2D eigenvalue weighted by Crippen LogP contribution is -2.14. The van der Waals surface area contributed by atoms with Gasteiger partial charge in [-0.15, -0.1) is 0 Å². The molecule has 2 aliphatic carbocycles. The van der Waals surface area contributed by atoms with Crippen molar-refractivity contribution >= 4 is 11.9 Å². The molecular weight excluding hydrogens is 304 g/mol. The summed E-state index contributed by atoms with van der Waals surface area (Å²) >= 11 is 0. The molecule has 0 radical (unpaired) electrons. The fraction of sp³-hybridized carbons (Fsp3) is 0.900. The summed E-state index contributed by atoms with van der Waals surface area (Å²) in [5.74, 6) is -1.17. The predicted molar refractivity (Wildman–Crippen MR) is 94.0 cm³/mol. The molecule has 0 aromatic carbocycles. The average molecular weight is 338 g/mol. The molecule has 0 amide bonds. The zero-order valence-electron chi connectivity index (χ0n) is 15.0. The number of rotatable bonds is 15. The first-order valence-electron chi connectivity index (χ1n) is 9.98. The third-order valence-electron chi connectivity index (χ3n) is 6.18. The van der Waals surface area contributed by atoms with Crippen molar-refractivity contribution in [2.75, 3.05) is 0 Å². The first-order valence-corrected chi connectivity index (χ1v) is 9.98. The van der Waals surface area contributed by atoms with Crippen molar-refractivity contribution in [2.24, 2.45) is 10.8 Å². The summed E-state index contributed by atoms with van der Waals surface area (Å²) in [5.41, 5.74) is -0.667. The number of carboxylic acid groups (broad SMARTS) is 2. The zero-order chi connectivity index (χ0) is 17.5. The van der Waals surface area contributed by atoms with E-state index in [9.17, 15) is 9.59 Å². The second kappa shape index (κ2) is 8.87. The van der Waals surface area contributed by atoms with Gasteiger partial charge < -0.3 is 10.2 Å². The monoisotopic (exact) mass is 338 g/mol. The second-order valence-corrected chi connectivity index (χ2v) is 8.21. The topological polar surface area (TPSA) is 74.6 Å². The van der Waals surface area contributed by atoms with Gasteiger partial charge in [-0.3, -0.25) is 9.59 Å². The summed E-state index contributed by atoms with van der Waals surface area (Å²) < 4.78 is 0. The zero-order valence-corrected chi connectivity index (χ0v) is 15.0.